The van der Waals surface area contributed by atoms with Gasteiger partial charge in [-0.25, -0.2) is 4.98 Å². The van der Waals surface area contributed by atoms with Gasteiger partial charge in [-0.05, 0) is 57.5 Å². The topological polar surface area (TPSA) is 74.3 Å². The van der Waals surface area contributed by atoms with Crippen molar-refractivity contribution in [2.75, 3.05) is 31.5 Å². The van der Waals surface area contributed by atoms with Crippen LogP contribution in [0, 0.1) is 11.8 Å². The lowest BCUT2D eigenvalue weighted by molar-refractivity contribution is -0.135. The minimum absolute atomic E-state index is 0.0134. The highest BCUT2D eigenvalue weighted by Gasteiger charge is 2.36. The van der Waals surface area contributed by atoms with E-state index in [9.17, 15) is 9.59 Å². The molecule has 7 heteroatoms. The van der Waals surface area contributed by atoms with E-state index in [2.05, 4.69) is 15.6 Å². The number of carbonyl (C=O) groups is 2. The fraction of sp³-hybridized carbons (Fsp3) is 0.722. The first kappa shape index (κ1) is 17.0. The fourth-order valence-electron chi connectivity index (χ4n) is 3.83. The quantitative estimate of drug-likeness (QED) is 0.861. The Bertz CT molecular complexity index is 637. The Morgan fingerprint density at radius 2 is 1.96 bits per heavy atom. The van der Waals surface area contributed by atoms with Crippen molar-refractivity contribution in [3.8, 4) is 0 Å². The van der Waals surface area contributed by atoms with Crippen molar-refractivity contribution < 1.29 is 9.59 Å². The van der Waals surface area contributed by atoms with Crippen LogP contribution >= 0.6 is 11.3 Å². The number of thiazole rings is 1. The van der Waals surface area contributed by atoms with Crippen LogP contribution in [0.4, 0.5) is 5.13 Å². The van der Waals surface area contributed by atoms with Crippen LogP contribution in [0.2, 0.25) is 0 Å². The fourth-order valence-corrected chi connectivity index (χ4v) is 4.81. The normalized spacial score (nSPS) is 25.0. The zero-order valence-corrected chi connectivity index (χ0v) is 15.3. The summed E-state index contributed by atoms with van der Waals surface area (Å²) in [6.45, 7) is 3.47. The van der Waals surface area contributed by atoms with Gasteiger partial charge in [0.2, 0.25) is 11.8 Å². The molecule has 1 atom stereocenters. The molecule has 3 aliphatic rings. The summed E-state index contributed by atoms with van der Waals surface area (Å²) in [5.41, 5.74) is 0. The summed E-state index contributed by atoms with van der Waals surface area (Å²) in [5, 5.41) is 7.06. The van der Waals surface area contributed by atoms with Gasteiger partial charge >= 0.3 is 0 Å². The molecule has 0 radical (unpaired) electrons. The number of anilines is 1. The minimum atomic E-state index is -0.109. The van der Waals surface area contributed by atoms with E-state index in [4.69, 9.17) is 0 Å². The van der Waals surface area contributed by atoms with E-state index in [1.165, 1.54) is 4.88 Å². The molecule has 3 heterocycles. The van der Waals surface area contributed by atoms with Gasteiger partial charge in [0.15, 0.2) is 5.13 Å². The van der Waals surface area contributed by atoms with E-state index in [0.29, 0.717) is 17.6 Å². The molecular formula is C18H26N4O2S. The molecule has 2 N–H and O–H groups in total. The number of nitrogens with one attached hydrogen (secondary N) is 2. The summed E-state index contributed by atoms with van der Waals surface area (Å²) in [5.74, 6) is 0.946. The molecule has 2 amide bonds. The molecule has 3 fully saturated rings. The number of rotatable bonds is 4. The van der Waals surface area contributed by atoms with Gasteiger partial charge in [-0.1, -0.05) is 0 Å². The summed E-state index contributed by atoms with van der Waals surface area (Å²) in [4.78, 5) is 32.4. The number of piperidine rings is 2. The van der Waals surface area contributed by atoms with Crippen LogP contribution in [0.3, 0.4) is 0 Å². The molecule has 0 bridgehead atoms. The summed E-state index contributed by atoms with van der Waals surface area (Å²) in [6.07, 6.45) is 7.99. The summed E-state index contributed by atoms with van der Waals surface area (Å²) in [7, 11) is 0. The maximum absolute atomic E-state index is 12.6. The van der Waals surface area contributed by atoms with E-state index in [-0.39, 0.29) is 23.7 Å². The van der Waals surface area contributed by atoms with Crippen molar-refractivity contribution in [3.63, 3.8) is 0 Å². The maximum atomic E-state index is 12.6. The van der Waals surface area contributed by atoms with Gasteiger partial charge < -0.3 is 15.5 Å². The third-order valence-electron chi connectivity index (χ3n) is 5.53. The van der Waals surface area contributed by atoms with Gasteiger partial charge in [0.1, 0.15) is 0 Å². The Kier molecular flexibility index (Phi) is 5.03. The molecule has 1 saturated carbocycles. The van der Waals surface area contributed by atoms with E-state index >= 15 is 0 Å². The second kappa shape index (κ2) is 7.41. The number of aromatic nitrogens is 1. The molecule has 4 rings (SSSR count). The van der Waals surface area contributed by atoms with Gasteiger partial charge in [-0.3, -0.25) is 9.59 Å². The lowest BCUT2D eigenvalue weighted by Crippen LogP contribution is -2.44. The highest BCUT2D eigenvalue weighted by Crippen LogP contribution is 2.34. The Hall–Kier alpha value is -1.47. The van der Waals surface area contributed by atoms with Gasteiger partial charge in [0, 0.05) is 30.1 Å². The summed E-state index contributed by atoms with van der Waals surface area (Å²) >= 11 is 1.60. The minimum Gasteiger partial charge on any atom is -0.342 e. The lowest BCUT2D eigenvalue weighted by atomic mass is 9.97. The zero-order valence-electron chi connectivity index (χ0n) is 14.5. The van der Waals surface area contributed by atoms with Crippen LogP contribution in [0.25, 0.3) is 0 Å². The van der Waals surface area contributed by atoms with Gasteiger partial charge in [0.05, 0.1) is 5.92 Å². The Balaban J connectivity index is 1.33. The van der Waals surface area contributed by atoms with Crippen molar-refractivity contribution in [1.82, 2.24) is 15.2 Å². The third kappa shape index (κ3) is 4.03. The molecule has 2 aliphatic heterocycles. The SMILES string of the molecule is O=C(Nc1ncc(C2CCNCC2)s1)C1CCCN(C(=O)C2CC2)C1. The molecular weight excluding hydrogens is 336 g/mol. The standard InChI is InChI=1S/C18H26N4O2S/c23-16(14-2-1-9-22(11-14)17(24)13-3-4-13)21-18-20-10-15(25-18)12-5-7-19-8-6-12/h10,12-14,19H,1-9,11H2,(H,20,21,23). The first-order valence-electron chi connectivity index (χ1n) is 9.47. The van der Waals surface area contributed by atoms with E-state index < -0.39 is 0 Å². The molecule has 25 heavy (non-hydrogen) atoms. The van der Waals surface area contributed by atoms with Gasteiger partial charge in [-0.15, -0.1) is 11.3 Å². The molecule has 6 nitrogen and oxygen atoms in total. The second-order valence-corrected chi connectivity index (χ2v) is 8.54. The van der Waals surface area contributed by atoms with Crippen LogP contribution in [0.15, 0.2) is 6.20 Å². The van der Waals surface area contributed by atoms with Gasteiger partial charge in [0.25, 0.3) is 0 Å². The Labute approximate surface area is 152 Å². The van der Waals surface area contributed by atoms with Crippen LogP contribution < -0.4 is 10.6 Å². The predicted octanol–water partition coefficient (Wildman–Crippen LogP) is 2.20. The maximum Gasteiger partial charge on any atom is 0.231 e. The average Bonchev–Trinajstić information content (AvgIpc) is 3.41. The number of hydrogen-bond acceptors (Lipinski definition) is 5. The van der Waals surface area contributed by atoms with Crippen molar-refractivity contribution in [1.29, 1.82) is 0 Å². The van der Waals surface area contributed by atoms with Crippen molar-refractivity contribution in [2.45, 2.75) is 44.4 Å². The lowest BCUT2D eigenvalue weighted by Gasteiger charge is -2.32. The third-order valence-corrected chi connectivity index (χ3v) is 6.60. The molecule has 1 aliphatic carbocycles. The number of carbonyl (C=O) groups excluding carboxylic acids is 2. The molecule has 136 valence electrons. The number of likely N-dealkylation sites (tertiary alicyclic amines) is 1. The number of hydrogen-bond donors (Lipinski definition) is 2. The number of nitrogens with zero attached hydrogens (tertiary/aromatic N) is 2. The monoisotopic (exact) mass is 362 g/mol. The van der Waals surface area contributed by atoms with Crippen molar-refractivity contribution in [3.05, 3.63) is 11.1 Å². The van der Waals surface area contributed by atoms with Crippen LogP contribution in [-0.4, -0.2) is 47.9 Å². The van der Waals surface area contributed by atoms with Crippen LogP contribution in [0.1, 0.15) is 49.3 Å². The van der Waals surface area contributed by atoms with Crippen molar-refractivity contribution >= 4 is 28.3 Å². The van der Waals surface area contributed by atoms with Crippen LogP contribution in [0.5, 0.6) is 0 Å². The predicted molar refractivity (Wildman–Crippen MR) is 97.6 cm³/mol. The zero-order chi connectivity index (χ0) is 17.2. The van der Waals surface area contributed by atoms with E-state index in [1.54, 1.807) is 11.3 Å². The summed E-state index contributed by atoms with van der Waals surface area (Å²) in [6, 6.07) is 0. The number of amides is 2. The van der Waals surface area contributed by atoms with Gasteiger partial charge in [-0.2, -0.15) is 0 Å². The molecule has 1 aromatic heterocycles. The largest absolute Gasteiger partial charge is 0.342 e. The van der Waals surface area contributed by atoms with E-state index in [1.807, 2.05) is 11.1 Å². The molecule has 1 unspecified atom stereocenters. The molecule has 1 aromatic rings. The highest BCUT2D eigenvalue weighted by molar-refractivity contribution is 7.15. The molecule has 2 saturated heterocycles. The van der Waals surface area contributed by atoms with E-state index in [0.717, 1.165) is 58.2 Å². The first-order chi connectivity index (χ1) is 12.2. The summed E-state index contributed by atoms with van der Waals surface area (Å²) < 4.78 is 0. The van der Waals surface area contributed by atoms with Crippen molar-refractivity contribution in [2.24, 2.45) is 11.8 Å². The average molecular weight is 362 g/mol. The van der Waals surface area contributed by atoms with Crippen LogP contribution in [-0.2, 0) is 9.59 Å². The smallest absolute Gasteiger partial charge is 0.231 e. The Morgan fingerprint density at radius 3 is 2.72 bits per heavy atom. The second-order valence-electron chi connectivity index (χ2n) is 7.48. The molecule has 0 aromatic carbocycles. The highest BCUT2D eigenvalue weighted by atomic mass is 32.1. The Morgan fingerprint density at radius 1 is 1.16 bits per heavy atom. The molecule has 0 spiro atoms. The first-order valence-corrected chi connectivity index (χ1v) is 10.3.